The van der Waals surface area contributed by atoms with Gasteiger partial charge in [-0.3, -0.25) is 9.59 Å². The van der Waals surface area contributed by atoms with E-state index in [4.69, 9.17) is 14.6 Å². The van der Waals surface area contributed by atoms with E-state index in [2.05, 4.69) is 28.9 Å². The van der Waals surface area contributed by atoms with E-state index in [1.807, 2.05) is 53.1 Å². The lowest BCUT2D eigenvalue weighted by Gasteiger charge is -2.29. The van der Waals surface area contributed by atoms with E-state index in [9.17, 15) is 9.59 Å². The first kappa shape index (κ1) is 29.5. The Morgan fingerprint density at radius 3 is 2.32 bits per heavy atom. The molecule has 0 bridgehead atoms. The highest BCUT2D eigenvalue weighted by atomic mass is 16.5. The van der Waals surface area contributed by atoms with E-state index in [0.717, 1.165) is 61.0 Å². The molecule has 1 fully saturated rings. The molecule has 0 radical (unpaired) electrons. The molecule has 230 valence electrons. The average Bonchev–Trinajstić information content (AvgIpc) is 3.69. The average molecular weight is 599 g/mol. The fourth-order valence-electron chi connectivity index (χ4n) is 5.91. The second kappa shape index (κ2) is 13.0. The summed E-state index contributed by atoms with van der Waals surface area (Å²) in [6.45, 7) is 9.68. The van der Waals surface area contributed by atoms with Crippen molar-refractivity contribution >= 4 is 23.2 Å². The highest BCUT2D eigenvalue weighted by Crippen LogP contribution is 2.34. The van der Waals surface area contributed by atoms with Crippen molar-refractivity contribution in [2.75, 3.05) is 62.8 Å². The Bertz CT molecular complexity index is 1610. The molecule has 2 amide bonds. The van der Waals surface area contributed by atoms with Crippen LogP contribution in [0.25, 0.3) is 17.2 Å². The van der Waals surface area contributed by atoms with Gasteiger partial charge in [-0.15, -0.1) is 10.2 Å². The number of nitrogens with zero attached hydrogens (tertiary/aromatic N) is 8. The molecular formula is C32H38N8O4. The van der Waals surface area contributed by atoms with Gasteiger partial charge in [0.2, 0.25) is 0 Å². The lowest BCUT2D eigenvalue weighted by Crippen LogP contribution is -2.41. The van der Waals surface area contributed by atoms with Crippen molar-refractivity contribution in [3.63, 3.8) is 0 Å². The predicted molar refractivity (Wildman–Crippen MR) is 167 cm³/mol. The molecule has 0 spiro atoms. The van der Waals surface area contributed by atoms with Gasteiger partial charge in [0.05, 0.1) is 19.4 Å². The fraction of sp³-hybridized carbons (Fsp3) is 0.406. The van der Waals surface area contributed by atoms with Gasteiger partial charge in [-0.2, -0.15) is 5.10 Å². The predicted octanol–water partition coefficient (Wildman–Crippen LogP) is 3.44. The summed E-state index contributed by atoms with van der Waals surface area (Å²) in [6, 6.07) is 15.1. The molecule has 2 aliphatic heterocycles. The van der Waals surface area contributed by atoms with E-state index < -0.39 is 0 Å². The van der Waals surface area contributed by atoms with Crippen LogP contribution in [0.4, 0.5) is 11.4 Å². The normalized spacial score (nSPS) is 15.3. The quantitative estimate of drug-likeness (QED) is 0.258. The van der Waals surface area contributed by atoms with E-state index in [1.54, 1.807) is 27.9 Å². The van der Waals surface area contributed by atoms with Gasteiger partial charge in [-0.05, 0) is 81.0 Å². The molecule has 0 atom stereocenters. The molecule has 6 rings (SSSR count). The third-order valence-corrected chi connectivity index (χ3v) is 8.39. The summed E-state index contributed by atoms with van der Waals surface area (Å²) in [7, 11) is 1.62. The Hall–Kier alpha value is -4.55. The minimum absolute atomic E-state index is 0.0699. The molecule has 0 aliphatic carbocycles. The van der Waals surface area contributed by atoms with Crippen LogP contribution in [0.2, 0.25) is 0 Å². The van der Waals surface area contributed by atoms with Crippen LogP contribution in [0.15, 0.2) is 54.9 Å². The third-order valence-electron chi connectivity index (χ3n) is 8.39. The van der Waals surface area contributed by atoms with E-state index in [-0.39, 0.29) is 18.4 Å². The molecule has 4 heterocycles. The molecule has 12 nitrogen and oxygen atoms in total. The zero-order valence-electron chi connectivity index (χ0n) is 25.5. The second-order valence-electron chi connectivity index (χ2n) is 10.8. The Labute approximate surface area is 256 Å². The van der Waals surface area contributed by atoms with Crippen molar-refractivity contribution < 1.29 is 19.1 Å². The largest absolute Gasteiger partial charge is 0.497 e. The number of benzene rings is 2. The van der Waals surface area contributed by atoms with Crippen LogP contribution in [-0.2, 0) is 22.5 Å². The molecule has 2 aromatic heterocycles. The molecule has 0 saturated carbocycles. The van der Waals surface area contributed by atoms with Crippen molar-refractivity contribution in [1.29, 1.82) is 0 Å². The topological polar surface area (TPSA) is 111 Å². The van der Waals surface area contributed by atoms with Gasteiger partial charge < -0.3 is 28.7 Å². The number of amides is 2. The lowest BCUT2D eigenvalue weighted by atomic mass is 10.0. The lowest BCUT2D eigenvalue weighted by molar-refractivity contribution is -0.125. The molecule has 1 saturated heterocycles. The minimum Gasteiger partial charge on any atom is -0.497 e. The number of rotatable bonds is 11. The number of morpholine rings is 1. The van der Waals surface area contributed by atoms with Gasteiger partial charge in [0.1, 0.15) is 30.1 Å². The van der Waals surface area contributed by atoms with Gasteiger partial charge >= 0.3 is 0 Å². The van der Waals surface area contributed by atoms with Crippen LogP contribution >= 0.6 is 0 Å². The standard InChI is InChI=1S/C32H38N8O4/c1-4-36(5-2)16-6-17-37-22-33-34-31(37)29-27-15-18-39(24-9-7-23(8-10-24)38-19-20-44-21-28(38)41)32(42)30(27)40(35-29)25-11-13-26(43-3)14-12-25/h7-14,22H,4-6,15-21H2,1-3H3. The Morgan fingerprint density at radius 1 is 0.932 bits per heavy atom. The summed E-state index contributed by atoms with van der Waals surface area (Å²) < 4.78 is 14.4. The van der Waals surface area contributed by atoms with E-state index >= 15 is 0 Å². The minimum atomic E-state index is -0.149. The van der Waals surface area contributed by atoms with Gasteiger partial charge in [-0.25, -0.2) is 4.68 Å². The zero-order chi connectivity index (χ0) is 30.6. The van der Waals surface area contributed by atoms with Crippen LogP contribution in [0.1, 0.15) is 36.3 Å². The van der Waals surface area contributed by atoms with Crippen LogP contribution in [0.3, 0.4) is 0 Å². The summed E-state index contributed by atoms with van der Waals surface area (Å²) >= 11 is 0. The fourth-order valence-corrected chi connectivity index (χ4v) is 5.91. The zero-order valence-corrected chi connectivity index (χ0v) is 25.5. The monoisotopic (exact) mass is 598 g/mol. The Kier molecular flexibility index (Phi) is 8.71. The number of hydrogen-bond donors (Lipinski definition) is 0. The molecule has 2 aliphatic rings. The van der Waals surface area contributed by atoms with Crippen LogP contribution in [0.5, 0.6) is 5.75 Å². The number of hydrogen-bond acceptors (Lipinski definition) is 8. The first-order valence-corrected chi connectivity index (χ1v) is 15.2. The SMILES string of the molecule is CCN(CC)CCCn1cnnc1-c1nn(-c2ccc(OC)cc2)c2c1CCN(c1ccc(N3CCOCC3=O)cc1)C2=O. The van der Waals surface area contributed by atoms with E-state index in [0.29, 0.717) is 43.3 Å². The van der Waals surface area contributed by atoms with Crippen molar-refractivity contribution in [3.05, 3.63) is 66.1 Å². The van der Waals surface area contributed by atoms with Gasteiger partial charge in [0.15, 0.2) is 5.82 Å². The number of carbonyl (C=O) groups is 2. The first-order valence-electron chi connectivity index (χ1n) is 15.2. The van der Waals surface area contributed by atoms with Crippen LogP contribution in [-0.4, -0.2) is 94.3 Å². The maximum atomic E-state index is 14.3. The molecular weight excluding hydrogens is 560 g/mol. The van der Waals surface area contributed by atoms with Crippen molar-refractivity contribution in [1.82, 2.24) is 29.4 Å². The summed E-state index contributed by atoms with van der Waals surface area (Å²) in [4.78, 5) is 32.5. The second-order valence-corrected chi connectivity index (χ2v) is 10.8. The highest BCUT2D eigenvalue weighted by Gasteiger charge is 2.35. The number of aryl methyl sites for hydroxylation is 1. The molecule has 12 heteroatoms. The molecule has 0 N–H and O–H groups in total. The van der Waals surface area contributed by atoms with E-state index in [1.165, 1.54) is 0 Å². The molecule has 0 unspecified atom stereocenters. The van der Waals surface area contributed by atoms with Crippen LogP contribution in [0, 0.1) is 0 Å². The van der Waals surface area contributed by atoms with Gasteiger partial charge in [0.25, 0.3) is 11.8 Å². The number of anilines is 2. The van der Waals surface area contributed by atoms with Crippen molar-refractivity contribution in [2.24, 2.45) is 0 Å². The van der Waals surface area contributed by atoms with Gasteiger partial charge in [-0.1, -0.05) is 13.8 Å². The number of methoxy groups -OCH3 is 1. The third kappa shape index (κ3) is 5.70. The smallest absolute Gasteiger partial charge is 0.277 e. The maximum Gasteiger partial charge on any atom is 0.277 e. The summed E-state index contributed by atoms with van der Waals surface area (Å²) in [5, 5.41) is 13.7. The number of carbonyl (C=O) groups excluding carboxylic acids is 2. The number of aromatic nitrogens is 5. The van der Waals surface area contributed by atoms with Crippen molar-refractivity contribution in [2.45, 2.75) is 33.2 Å². The summed E-state index contributed by atoms with van der Waals surface area (Å²) in [5.41, 5.74) is 4.33. The Balaban J connectivity index is 1.34. The molecule has 44 heavy (non-hydrogen) atoms. The highest BCUT2D eigenvalue weighted by molar-refractivity contribution is 6.08. The Morgan fingerprint density at radius 2 is 1.64 bits per heavy atom. The van der Waals surface area contributed by atoms with Gasteiger partial charge in [0, 0.05) is 36.6 Å². The number of ether oxygens (including phenoxy) is 2. The molecule has 4 aromatic rings. The van der Waals surface area contributed by atoms with Crippen molar-refractivity contribution in [3.8, 4) is 23.0 Å². The number of fused-ring (bicyclic) bond motifs is 1. The first-order chi connectivity index (χ1) is 21.5. The maximum absolute atomic E-state index is 14.3. The summed E-state index contributed by atoms with van der Waals surface area (Å²) in [5.74, 6) is 1.16. The van der Waals surface area contributed by atoms with Crippen LogP contribution < -0.4 is 14.5 Å². The summed E-state index contributed by atoms with van der Waals surface area (Å²) in [6.07, 6.45) is 3.30. The molecule has 2 aromatic carbocycles.